The van der Waals surface area contributed by atoms with Crippen LogP contribution in [0.4, 0.5) is 5.69 Å². The highest BCUT2D eigenvalue weighted by atomic mass is 15.2. The average molecular weight is 233 g/mol. The number of pyridine rings is 1. The van der Waals surface area contributed by atoms with Gasteiger partial charge in [-0.3, -0.25) is 9.88 Å². The van der Waals surface area contributed by atoms with Gasteiger partial charge in [-0.1, -0.05) is 13.8 Å². The molecule has 17 heavy (non-hydrogen) atoms. The van der Waals surface area contributed by atoms with Gasteiger partial charge in [-0.05, 0) is 30.9 Å². The third kappa shape index (κ3) is 4.00. The Balaban J connectivity index is 1.84. The highest BCUT2D eigenvalue weighted by Crippen LogP contribution is 2.27. The van der Waals surface area contributed by atoms with E-state index in [1.807, 2.05) is 12.1 Å². The summed E-state index contributed by atoms with van der Waals surface area (Å²) >= 11 is 0. The van der Waals surface area contributed by atoms with E-state index >= 15 is 0 Å². The Hall–Kier alpha value is -1.09. The highest BCUT2D eigenvalue weighted by Gasteiger charge is 2.28. The Morgan fingerprint density at radius 3 is 2.71 bits per heavy atom. The van der Waals surface area contributed by atoms with Crippen LogP contribution in [-0.4, -0.2) is 29.0 Å². The summed E-state index contributed by atoms with van der Waals surface area (Å²) in [5.74, 6) is 0.745. The first-order valence-electron chi connectivity index (χ1n) is 6.59. The molecule has 1 fully saturated rings. The lowest BCUT2D eigenvalue weighted by molar-refractivity contribution is 0.236. The minimum absolute atomic E-state index is 0.745. The minimum Gasteiger partial charge on any atom is -0.397 e. The molecule has 1 heterocycles. The Morgan fingerprint density at radius 2 is 2.18 bits per heavy atom. The predicted octanol–water partition coefficient (Wildman–Crippen LogP) is 2.33. The maximum absolute atomic E-state index is 5.63. The molecular weight excluding hydrogens is 210 g/mol. The fraction of sp³-hybridized carbons (Fsp3) is 0.643. The first-order chi connectivity index (χ1) is 8.15. The molecule has 2 N–H and O–H groups in total. The van der Waals surface area contributed by atoms with Gasteiger partial charge >= 0.3 is 0 Å². The third-order valence-corrected chi connectivity index (χ3v) is 3.17. The van der Waals surface area contributed by atoms with Crippen LogP contribution in [0.15, 0.2) is 18.3 Å². The second-order valence-electron chi connectivity index (χ2n) is 5.45. The molecule has 0 aliphatic heterocycles. The SMILES string of the molecule is CC(C)CN(CCc1ccc(N)cn1)C1CC1. The Bertz CT molecular complexity index is 341. The molecule has 1 saturated carbocycles. The zero-order valence-corrected chi connectivity index (χ0v) is 10.9. The molecule has 0 aromatic carbocycles. The molecule has 3 heteroatoms. The number of rotatable bonds is 6. The molecule has 0 radical (unpaired) electrons. The molecule has 3 nitrogen and oxygen atoms in total. The van der Waals surface area contributed by atoms with Gasteiger partial charge in [0.05, 0.1) is 11.9 Å². The summed E-state index contributed by atoms with van der Waals surface area (Å²) in [4.78, 5) is 6.97. The second kappa shape index (κ2) is 5.50. The summed E-state index contributed by atoms with van der Waals surface area (Å²) in [6.07, 6.45) is 5.53. The van der Waals surface area contributed by atoms with Crippen LogP contribution in [0.25, 0.3) is 0 Å². The summed E-state index contributed by atoms with van der Waals surface area (Å²) in [5, 5.41) is 0. The Kier molecular flexibility index (Phi) is 4.00. The summed E-state index contributed by atoms with van der Waals surface area (Å²) in [5.41, 5.74) is 7.53. The molecule has 2 rings (SSSR count). The van der Waals surface area contributed by atoms with E-state index in [2.05, 4.69) is 23.7 Å². The molecule has 0 spiro atoms. The zero-order valence-electron chi connectivity index (χ0n) is 10.9. The van der Waals surface area contributed by atoms with Gasteiger partial charge in [0.1, 0.15) is 0 Å². The second-order valence-corrected chi connectivity index (χ2v) is 5.45. The van der Waals surface area contributed by atoms with Crippen LogP contribution in [0, 0.1) is 5.92 Å². The summed E-state index contributed by atoms with van der Waals surface area (Å²) < 4.78 is 0. The van der Waals surface area contributed by atoms with Gasteiger partial charge in [0.2, 0.25) is 0 Å². The van der Waals surface area contributed by atoms with Gasteiger partial charge in [0, 0.05) is 31.2 Å². The molecule has 0 bridgehead atoms. The normalized spacial score (nSPS) is 15.8. The fourth-order valence-electron chi connectivity index (χ4n) is 2.17. The lowest BCUT2D eigenvalue weighted by Crippen LogP contribution is -2.32. The maximum atomic E-state index is 5.63. The predicted molar refractivity (Wildman–Crippen MR) is 71.8 cm³/mol. The minimum atomic E-state index is 0.745. The molecule has 0 amide bonds. The molecule has 0 atom stereocenters. The van der Waals surface area contributed by atoms with Crippen LogP contribution in [0.2, 0.25) is 0 Å². The van der Waals surface area contributed by atoms with Gasteiger partial charge < -0.3 is 5.73 Å². The standard InChI is InChI=1S/C14H23N3/c1-11(2)10-17(14-5-6-14)8-7-13-4-3-12(15)9-16-13/h3-4,9,11,14H,5-8,10,15H2,1-2H3. The maximum Gasteiger partial charge on any atom is 0.0501 e. The number of nitrogen functional groups attached to an aromatic ring is 1. The van der Waals surface area contributed by atoms with Gasteiger partial charge in [-0.25, -0.2) is 0 Å². The van der Waals surface area contributed by atoms with E-state index < -0.39 is 0 Å². The van der Waals surface area contributed by atoms with Crippen LogP contribution in [-0.2, 0) is 6.42 Å². The van der Waals surface area contributed by atoms with E-state index in [0.717, 1.165) is 36.3 Å². The van der Waals surface area contributed by atoms with Crippen LogP contribution < -0.4 is 5.73 Å². The van der Waals surface area contributed by atoms with Crippen molar-refractivity contribution in [3.05, 3.63) is 24.0 Å². The molecule has 1 aromatic heterocycles. The first kappa shape index (κ1) is 12.4. The number of hydrogen-bond donors (Lipinski definition) is 1. The first-order valence-corrected chi connectivity index (χ1v) is 6.59. The molecule has 0 unspecified atom stereocenters. The van der Waals surface area contributed by atoms with Crippen molar-refractivity contribution in [2.75, 3.05) is 18.8 Å². The third-order valence-electron chi connectivity index (χ3n) is 3.17. The van der Waals surface area contributed by atoms with Crippen LogP contribution in [0.3, 0.4) is 0 Å². The van der Waals surface area contributed by atoms with Crippen molar-refractivity contribution in [3.63, 3.8) is 0 Å². The number of anilines is 1. The van der Waals surface area contributed by atoms with E-state index in [4.69, 9.17) is 5.73 Å². The molecule has 0 saturated heterocycles. The summed E-state index contributed by atoms with van der Waals surface area (Å²) in [7, 11) is 0. The van der Waals surface area contributed by atoms with E-state index in [1.165, 1.54) is 19.4 Å². The van der Waals surface area contributed by atoms with E-state index in [-0.39, 0.29) is 0 Å². The number of nitrogens with zero attached hydrogens (tertiary/aromatic N) is 2. The molecule has 1 aliphatic rings. The average Bonchev–Trinajstić information content (AvgIpc) is 3.10. The molecule has 1 aliphatic carbocycles. The Labute approximate surface area is 104 Å². The van der Waals surface area contributed by atoms with Crippen LogP contribution >= 0.6 is 0 Å². The molecule has 94 valence electrons. The van der Waals surface area contributed by atoms with E-state index in [0.29, 0.717) is 0 Å². The van der Waals surface area contributed by atoms with Gasteiger partial charge in [-0.2, -0.15) is 0 Å². The molecular formula is C14H23N3. The van der Waals surface area contributed by atoms with E-state index in [1.54, 1.807) is 6.20 Å². The van der Waals surface area contributed by atoms with Crippen molar-refractivity contribution in [2.45, 2.75) is 39.2 Å². The van der Waals surface area contributed by atoms with Crippen molar-refractivity contribution in [1.82, 2.24) is 9.88 Å². The van der Waals surface area contributed by atoms with Crippen molar-refractivity contribution in [2.24, 2.45) is 5.92 Å². The van der Waals surface area contributed by atoms with Crippen molar-refractivity contribution >= 4 is 5.69 Å². The quantitative estimate of drug-likeness (QED) is 0.820. The highest BCUT2D eigenvalue weighted by molar-refractivity contribution is 5.34. The Morgan fingerprint density at radius 1 is 1.41 bits per heavy atom. The lowest BCUT2D eigenvalue weighted by atomic mass is 10.2. The van der Waals surface area contributed by atoms with E-state index in [9.17, 15) is 0 Å². The lowest BCUT2D eigenvalue weighted by Gasteiger charge is -2.23. The largest absolute Gasteiger partial charge is 0.397 e. The van der Waals surface area contributed by atoms with Crippen LogP contribution in [0.1, 0.15) is 32.4 Å². The number of nitrogens with two attached hydrogens (primary N) is 1. The van der Waals surface area contributed by atoms with Gasteiger partial charge in [0.15, 0.2) is 0 Å². The monoisotopic (exact) mass is 233 g/mol. The number of aromatic nitrogens is 1. The molecule has 1 aromatic rings. The van der Waals surface area contributed by atoms with Crippen molar-refractivity contribution < 1.29 is 0 Å². The zero-order chi connectivity index (χ0) is 12.3. The van der Waals surface area contributed by atoms with Gasteiger partial charge in [-0.15, -0.1) is 0 Å². The topological polar surface area (TPSA) is 42.1 Å². The van der Waals surface area contributed by atoms with Crippen LogP contribution in [0.5, 0.6) is 0 Å². The smallest absolute Gasteiger partial charge is 0.0501 e. The van der Waals surface area contributed by atoms with Crippen molar-refractivity contribution in [3.8, 4) is 0 Å². The fourth-order valence-corrected chi connectivity index (χ4v) is 2.17. The summed E-state index contributed by atoms with van der Waals surface area (Å²) in [6, 6.07) is 4.81. The van der Waals surface area contributed by atoms with Gasteiger partial charge in [0.25, 0.3) is 0 Å². The summed E-state index contributed by atoms with van der Waals surface area (Å²) in [6.45, 7) is 6.91. The number of hydrogen-bond acceptors (Lipinski definition) is 3. The van der Waals surface area contributed by atoms with Crippen molar-refractivity contribution in [1.29, 1.82) is 0 Å².